The highest BCUT2D eigenvalue weighted by atomic mass is 79.9. The fourth-order valence-electron chi connectivity index (χ4n) is 3.46. The Hall–Kier alpha value is -0.630. The van der Waals surface area contributed by atoms with Gasteiger partial charge in [0.15, 0.2) is 0 Å². The van der Waals surface area contributed by atoms with Crippen molar-refractivity contribution in [3.05, 3.63) is 46.2 Å². The largest absolute Gasteiger partial charge is 0.207 e. The minimum Gasteiger partial charge on any atom is -0.207 e. The van der Waals surface area contributed by atoms with E-state index in [1.54, 1.807) is 6.07 Å². The molecule has 2 rings (SSSR count). The predicted molar refractivity (Wildman–Crippen MR) is 96.8 cm³/mol. The molecule has 0 radical (unpaired) electrons. The van der Waals surface area contributed by atoms with Gasteiger partial charge in [-0.3, -0.25) is 0 Å². The zero-order chi connectivity index (χ0) is 15.8. The minimum absolute atomic E-state index is 0.00418. The fourth-order valence-corrected chi connectivity index (χ4v) is 3.89. The number of benzene rings is 1. The summed E-state index contributed by atoms with van der Waals surface area (Å²) >= 11 is 3.37. The average Bonchev–Trinajstić information content (AvgIpc) is 2.54. The first-order chi connectivity index (χ1) is 10.7. The summed E-state index contributed by atoms with van der Waals surface area (Å²) in [5.74, 6) is 1.52. The third-order valence-electron chi connectivity index (χ3n) is 4.99. The summed E-state index contributed by atoms with van der Waals surface area (Å²) in [6.45, 7) is 2.17. The van der Waals surface area contributed by atoms with E-state index in [-0.39, 0.29) is 5.82 Å². The first-order valence-electron chi connectivity index (χ1n) is 8.77. The van der Waals surface area contributed by atoms with Gasteiger partial charge in [0.05, 0.1) is 0 Å². The highest BCUT2D eigenvalue weighted by Gasteiger charge is 2.19. The Morgan fingerprint density at radius 2 is 1.95 bits per heavy atom. The second kappa shape index (κ2) is 9.50. The van der Waals surface area contributed by atoms with E-state index >= 15 is 0 Å². The van der Waals surface area contributed by atoms with Crippen molar-refractivity contribution in [3.8, 4) is 0 Å². The van der Waals surface area contributed by atoms with Crippen LogP contribution in [0.25, 0.3) is 0 Å². The van der Waals surface area contributed by atoms with E-state index in [0.29, 0.717) is 0 Å². The fraction of sp³-hybridized carbons (Fsp3) is 0.600. The molecule has 2 heteroatoms. The van der Waals surface area contributed by atoms with Gasteiger partial charge < -0.3 is 0 Å². The van der Waals surface area contributed by atoms with Gasteiger partial charge in [-0.25, -0.2) is 4.39 Å². The monoisotopic (exact) mass is 366 g/mol. The molecule has 0 aliphatic heterocycles. The van der Waals surface area contributed by atoms with Crippen LogP contribution in [-0.2, 0) is 12.8 Å². The van der Waals surface area contributed by atoms with Gasteiger partial charge >= 0.3 is 0 Å². The van der Waals surface area contributed by atoms with Crippen LogP contribution in [0.1, 0.15) is 63.0 Å². The van der Waals surface area contributed by atoms with Gasteiger partial charge in [-0.05, 0) is 85.4 Å². The molecule has 1 aliphatic carbocycles. The number of hydrogen-bond donors (Lipinski definition) is 0. The molecule has 0 N–H and O–H groups in total. The lowest BCUT2D eigenvalue weighted by Crippen LogP contribution is -2.14. The molecule has 1 saturated carbocycles. The van der Waals surface area contributed by atoms with Crippen molar-refractivity contribution in [2.75, 3.05) is 0 Å². The molecule has 1 fully saturated rings. The molecular formula is C20H28BrF. The average molecular weight is 367 g/mol. The smallest absolute Gasteiger partial charge is 0.126 e. The molecule has 1 aromatic rings. The van der Waals surface area contributed by atoms with Crippen LogP contribution in [0.4, 0.5) is 4.39 Å². The summed E-state index contributed by atoms with van der Waals surface area (Å²) in [5, 5.41) is 0. The second-order valence-electron chi connectivity index (χ2n) is 6.67. The normalized spacial score (nSPS) is 22.3. The van der Waals surface area contributed by atoms with Gasteiger partial charge in [0.1, 0.15) is 5.82 Å². The van der Waals surface area contributed by atoms with Crippen LogP contribution >= 0.6 is 15.9 Å². The van der Waals surface area contributed by atoms with Crippen LogP contribution in [0.2, 0.25) is 0 Å². The lowest BCUT2D eigenvalue weighted by molar-refractivity contribution is 0.295. The van der Waals surface area contributed by atoms with Crippen LogP contribution < -0.4 is 0 Å². The van der Waals surface area contributed by atoms with E-state index < -0.39 is 0 Å². The maximum Gasteiger partial charge on any atom is 0.126 e. The Morgan fingerprint density at radius 1 is 1.18 bits per heavy atom. The highest BCUT2D eigenvalue weighted by Crippen LogP contribution is 2.32. The number of rotatable bonds is 7. The Kier molecular flexibility index (Phi) is 7.65. The maximum atomic E-state index is 14.2. The van der Waals surface area contributed by atoms with Gasteiger partial charge in [-0.2, -0.15) is 0 Å². The molecule has 0 spiro atoms. The topological polar surface area (TPSA) is 0 Å². The lowest BCUT2D eigenvalue weighted by Gasteiger charge is -2.26. The van der Waals surface area contributed by atoms with Gasteiger partial charge in [0.2, 0.25) is 0 Å². The van der Waals surface area contributed by atoms with Gasteiger partial charge in [0, 0.05) is 0 Å². The quantitative estimate of drug-likeness (QED) is 0.496. The van der Waals surface area contributed by atoms with Crippen molar-refractivity contribution in [2.45, 2.75) is 64.7 Å². The van der Waals surface area contributed by atoms with Crippen LogP contribution in [0.3, 0.4) is 0 Å². The summed E-state index contributed by atoms with van der Waals surface area (Å²) in [7, 11) is 0. The SMILES string of the molecule is CCCCc1ccc(CC[C@H]2CC[C@H](/C=C/Br)CC2)c(F)c1. The lowest BCUT2D eigenvalue weighted by atomic mass is 9.79. The van der Waals surface area contributed by atoms with E-state index in [1.165, 1.54) is 25.7 Å². The Balaban J connectivity index is 1.79. The third-order valence-corrected chi connectivity index (χ3v) is 5.30. The number of unbranched alkanes of at least 4 members (excludes halogenated alkanes) is 1. The first kappa shape index (κ1) is 17.7. The maximum absolute atomic E-state index is 14.2. The standard InChI is InChI=1S/C20H28BrF/c1-2-3-4-18-10-12-19(20(22)15-18)11-9-16-5-7-17(8-6-16)13-14-21/h10,12-17H,2-9,11H2,1H3/b14-13+/t16-,17-. The molecule has 0 nitrogen and oxygen atoms in total. The van der Waals surface area contributed by atoms with Crippen molar-refractivity contribution in [1.29, 1.82) is 0 Å². The third kappa shape index (κ3) is 5.53. The molecule has 0 unspecified atom stereocenters. The molecule has 0 heterocycles. The van der Waals surface area contributed by atoms with E-state index in [4.69, 9.17) is 0 Å². The summed E-state index contributed by atoms with van der Waals surface area (Å²) in [4.78, 5) is 1.99. The van der Waals surface area contributed by atoms with Crippen LogP contribution in [0.15, 0.2) is 29.3 Å². The molecular weight excluding hydrogens is 339 g/mol. The van der Waals surface area contributed by atoms with E-state index in [2.05, 4.69) is 35.0 Å². The van der Waals surface area contributed by atoms with Crippen LogP contribution in [0.5, 0.6) is 0 Å². The second-order valence-corrected chi connectivity index (χ2v) is 7.20. The van der Waals surface area contributed by atoms with Crippen LogP contribution in [-0.4, -0.2) is 0 Å². The molecule has 0 bridgehead atoms. The van der Waals surface area contributed by atoms with Crippen molar-refractivity contribution in [1.82, 2.24) is 0 Å². The zero-order valence-corrected chi connectivity index (χ0v) is 15.2. The molecule has 0 saturated heterocycles. The van der Waals surface area contributed by atoms with Crippen molar-refractivity contribution in [2.24, 2.45) is 11.8 Å². The summed E-state index contributed by atoms with van der Waals surface area (Å²) in [6, 6.07) is 5.88. The minimum atomic E-state index is 0.00418. The van der Waals surface area contributed by atoms with Crippen molar-refractivity contribution in [3.63, 3.8) is 0 Å². The molecule has 0 aromatic heterocycles. The highest BCUT2D eigenvalue weighted by molar-refractivity contribution is 9.11. The van der Waals surface area contributed by atoms with Crippen molar-refractivity contribution >= 4 is 15.9 Å². The van der Waals surface area contributed by atoms with E-state index in [9.17, 15) is 4.39 Å². The van der Waals surface area contributed by atoms with E-state index in [0.717, 1.165) is 55.1 Å². The molecule has 0 atom stereocenters. The van der Waals surface area contributed by atoms with E-state index in [1.807, 2.05) is 11.1 Å². The van der Waals surface area contributed by atoms with Crippen molar-refractivity contribution < 1.29 is 4.39 Å². The molecule has 122 valence electrons. The van der Waals surface area contributed by atoms with Gasteiger partial charge in [-0.15, -0.1) is 0 Å². The van der Waals surface area contributed by atoms with Gasteiger partial charge in [0.25, 0.3) is 0 Å². The summed E-state index contributed by atoms with van der Waals surface area (Å²) in [5.41, 5.74) is 2.05. The molecule has 22 heavy (non-hydrogen) atoms. The Labute approximate surface area is 143 Å². The molecule has 1 aromatic carbocycles. The number of hydrogen-bond acceptors (Lipinski definition) is 0. The Bertz CT molecular complexity index is 473. The van der Waals surface area contributed by atoms with Crippen LogP contribution in [0, 0.1) is 17.7 Å². The number of allylic oxidation sites excluding steroid dienone is 1. The zero-order valence-electron chi connectivity index (χ0n) is 13.7. The Morgan fingerprint density at radius 3 is 2.59 bits per heavy atom. The number of aryl methyl sites for hydroxylation is 2. The molecule has 1 aliphatic rings. The summed E-state index contributed by atoms with van der Waals surface area (Å²) < 4.78 is 14.2. The first-order valence-corrected chi connectivity index (χ1v) is 9.68. The number of halogens is 2. The predicted octanol–water partition coefficient (Wildman–Crippen LogP) is 6.82. The summed E-state index contributed by atoms with van der Waals surface area (Å²) in [6.07, 6.45) is 12.7. The van der Waals surface area contributed by atoms with Gasteiger partial charge in [-0.1, -0.05) is 47.5 Å². The molecule has 0 amide bonds.